The quantitative estimate of drug-likeness (QED) is 0.528. The molecule has 1 aromatic carbocycles. The highest BCUT2D eigenvalue weighted by atomic mass is 35.5. The number of halogens is 1. The van der Waals surface area contributed by atoms with Crippen molar-refractivity contribution in [2.45, 2.75) is 19.3 Å². The minimum Gasteiger partial charge on any atom is -0.381 e. The van der Waals surface area contributed by atoms with Crippen LogP contribution in [0.2, 0.25) is 5.02 Å². The Kier molecular flexibility index (Phi) is 6.05. The van der Waals surface area contributed by atoms with Crippen LogP contribution in [-0.2, 0) is 16.0 Å². The van der Waals surface area contributed by atoms with Gasteiger partial charge in [-0.15, -0.1) is 0 Å². The molecule has 0 saturated carbocycles. The summed E-state index contributed by atoms with van der Waals surface area (Å²) in [5, 5.41) is 0.765. The van der Waals surface area contributed by atoms with Crippen molar-refractivity contribution in [3.8, 4) is 0 Å². The Labute approximate surface area is 95.2 Å². The van der Waals surface area contributed by atoms with Crippen molar-refractivity contribution in [3.63, 3.8) is 0 Å². The summed E-state index contributed by atoms with van der Waals surface area (Å²) in [6.07, 6.45) is 3.32. The van der Waals surface area contributed by atoms with Gasteiger partial charge in [-0.05, 0) is 30.5 Å². The van der Waals surface area contributed by atoms with Crippen molar-refractivity contribution in [1.82, 2.24) is 0 Å². The number of hydrogen-bond donors (Lipinski definition) is 0. The van der Waals surface area contributed by atoms with Crippen LogP contribution >= 0.6 is 11.6 Å². The van der Waals surface area contributed by atoms with E-state index in [9.17, 15) is 4.79 Å². The predicted molar refractivity (Wildman–Crippen MR) is 61.3 cm³/mol. The largest absolute Gasteiger partial charge is 0.381 e. The van der Waals surface area contributed by atoms with Gasteiger partial charge in [0, 0.05) is 18.1 Å². The van der Waals surface area contributed by atoms with E-state index in [-0.39, 0.29) is 0 Å². The number of rotatable bonds is 7. The molecule has 0 fully saturated rings. The number of carbonyl (C=O) groups is 1. The van der Waals surface area contributed by atoms with Gasteiger partial charge in [-0.25, -0.2) is 0 Å². The first kappa shape index (κ1) is 12.2. The second-order valence-electron chi connectivity index (χ2n) is 3.30. The average molecular weight is 227 g/mol. The second kappa shape index (κ2) is 7.43. The molecule has 0 N–H and O–H groups in total. The molecule has 0 atom stereocenters. The predicted octanol–water partition coefficient (Wildman–Crippen LogP) is 2.88. The van der Waals surface area contributed by atoms with Crippen LogP contribution in [0, 0.1) is 0 Å². The maximum absolute atomic E-state index is 10.00. The standard InChI is InChI=1S/C12H15ClO2/c13-12-6-4-11(5-7-12)3-1-9-15-10-2-8-14/h4-8H,1-3,9-10H2. The first-order valence-corrected chi connectivity index (χ1v) is 5.46. The molecule has 0 bridgehead atoms. The first-order chi connectivity index (χ1) is 7.33. The van der Waals surface area contributed by atoms with E-state index in [0.29, 0.717) is 19.6 Å². The summed E-state index contributed by atoms with van der Waals surface area (Å²) < 4.78 is 5.26. The summed E-state index contributed by atoms with van der Waals surface area (Å²) in [6.45, 7) is 1.24. The maximum Gasteiger partial charge on any atom is 0.122 e. The first-order valence-electron chi connectivity index (χ1n) is 5.09. The highest BCUT2D eigenvalue weighted by molar-refractivity contribution is 6.30. The molecule has 0 aliphatic rings. The fourth-order valence-electron chi connectivity index (χ4n) is 1.26. The molecule has 0 aliphatic carbocycles. The van der Waals surface area contributed by atoms with Gasteiger partial charge in [-0.3, -0.25) is 0 Å². The Hall–Kier alpha value is -0.860. The minimum absolute atomic E-state index is 0.487. The summed E-state index contributed by atoms with van der Waals surface area (Å²) in [5.74, 6) is 0. The van der Waals surface area contributed by atoms with Crippen LogP contribution in [0.5, 0.6) is 0 Å². The van der Waals surface area contributed by atoms with Crippen LogP contribution in [0.3, 0.4) is 0 Å². The van der Waals surface area contributed by atoms with Gasteiger partial charge in [-0.2, -0.15) is 0 Å². The molecular formula is C12H15ClO2. The van der Waals surface area contributed by atoms with E-state index in [1.807, 2.05) is 24.3 Å². The van der Waals surface area contributed by atoms with Gasteiger partial charge < -0.3 is 9.53 Å². The lowest BCUT2D eigenvalue weighted by molar-refractivity contribution is -0.108. The zero-order valence-electron chi connectivity index (χ0n) is 8.62. The van der Waals surface area contributed by atoms with Crippen LogP contribution in [0.1, 0.15) is 18.4 Å². The third-order valence-corrected chi connectivity index (χ3v) is 2.30. The second-order valence-corrected chi connectivity index (χ2v) is 3.73. The molecular weight excluding hydrogens is 212 g/mol. The van der Waals surface area contributed by atoms with Gasteiger partial charge >= 0.3 is 0 Å². The lowest BCUT2D eigenvalue weighted by atomic mass is 10.1. The van der Waals surface area contributed by atoms with Crippen molar-refractivity contribution in [3.05, 3.63) is 34.9 Å². The Morgan fingerprint density at radius 1 is 1.20 bits per heavy atom. The smallest absolute Gasteiger partial charge is 0.122 e. The van der Waals surface area contributed by atoms with Gasteiger partial charge in [0.2, 0.25) is 0 Å². The normalized spacial score (nSPS) is 10.2. The van der Waals surface area contributed by atoms with E-state index in [1.54, 1.807) is 0 Å². The monoisotopic (exact) mass is 226 g/mol. The third kappa shape index (κ3) is 5.55. The van der Waals surface area contributed by atoms with Gasteiger partial charge in [0.05, 0.1) is 6.61 Å². The highest BCUT2D eigenvalue weighted by Crippen LogP contribution is 2.10. The van der Waals surface area contributed by atoms with Crippen molar-refractivity contribution >= 4 is 17.9 Å². The zero-order valence-corrected chi connectivity index (χ0v) is 9.37. The van der Waals surface area contributed by atoms with Gasteiger partial charge in [0.1, 0.15) is 6.29 Å². The van der Waals surface area contributed by atoms with E-state index in [2.05, 4.69) is 0 Å². The van der Waals surface area contributed by atoms with Gasteiger partial charge in [0.15, 0.2) is 0 Å². The molecule has 15 heavy (non-hydrogen) atoms. The average Bonchev–Trinajstić information content (AvgIpc) is 2.26. The Morgan fingerprint density at radius 3 is 2.60 bits per heavy atom. The Balaban J connectivity index is 2.09. The van der Waals surface area contributed by atoms with Crippen molar-refractivity contribution in [2.24, 2.45) is 0 Å². The molecule has 82 valence electrons. The lowest BCUT2D eigenvalue weighted by Gasteiger charge is -2.02. The molecule has 0 heterocycles. The van der Waals surface area contributed by atoms with Crippen LogP contribution in [0.15, 0.2) is 24.3 Å². The molecule has 1 rings (SSSR count). The zero-order chi connectivity index (χ0) is 10.9. The van der Waals surface area contributed by atoms with Gasteiger partial charge in [-0.1, -0.05) is 23.7 Å². The Morgan fingerprint density at radius 2 is 1.93 bits per heavy atom. The van der Waals surface area contributed by atoms with E-state index in [4.69, 9.17) is 16.3 Å². The highest BCUT2D eigenvalue weighted by Gasteiger charge is 1.94. The van der Waals surface area contributed by atoms with Crippen LogP contribution in [0.4, 0.5) is 0 Å². The summed E-state index contributed by atoms with van der Waals surface area (Å²) in [7, 11) is 0. The van der Waals surface area contributed by atoms with Crippen LogP contribution in [-0.4, -0.2) is 19.5 Å². The van der Waals surface area contributed by atoms with E-state index < -0.39 is 0 Å². The molecule has 0 amide bonds. The number of hydrogen-bond acceptors (Lipinski definition) is 2. The molecule has 0 aromatic heterocycles. The third-order valence-electron chi connectivity index (χ3n) is 2.05. The van der Waals surface area contributed by atoms with E-state index >= 15 is 0 Å². The molecule has 0 radical (unpaired) electrons. The molecule has 1 aromatic rings. The Bertz CT molecular complexity index is 282. The number of ether oxygens (including phenoxy) is 1. The number of aryl methyl sites for hydroxylation is 1. The fraction of sp³-hybridized carbons (Fsp3) is 0.417. The summed E-state index contributed by atoms with van der Waals surface area (Å²) in [5.41, 5.74) is 1.26. The number of carbonyl (C=O) groups excluding carboxylic acids is 1. The summed E-state index contributed by atoms with van der Waals surface area (Å²) >= 11 is 5.77. The van der Waals surface area contributed by atoms with Gasteiger partial charge in [0.25, 0.3) is 0 Å². The SMILES string of the molecule is O=CCCOCCCc1ccc(Cl)cc1. The van der Waals surface area contributed by atoms with Crippen LogP contribution < -0.4 is 0 Å². The van der Waals surface area contributed by atoms with Crippen molar-refractivity contribution in [2.75, 3.05) is 13.2 Å². The van der Waals surface area contributed by atoms with Crippen molar-refractivity contribution < 1.29 is 9.53 Å². The number of aldehydes is 1. The molecule has 3 heteroatoms. The van der Waals surface area contributed by atoms with E-state index in [1.165, 1.54) is 5.56 Å². The molecule has 0 aliphatic heterocycles. The maximum atomic E-state index is 10.00. The minimum atomic E-state index is 0.487. The molecule has 0 spiro atoms. The fourth-order valence-corrected chi connectivity index (χ4v) is 1.39. The summed E-state index contributed by atoms with van der Waals surface area (Å²) in [6, 6.07) is 7.83. The van der Waals surface area contributed by atoms with Crippen molar-refractivity contribution in [1.29, 1.82) is 0 Å². The molecule has 0 unspecified atom stereocenters. The summed E-state index contributed by atoms with van der Waals surface area (Å²) in [4.78, 5) is 10.00. The molecule has 0 saturated heterocycles. The molecule has 2 nitrogen and oxygen atoms in total. The van der Waals surface area contributed by atoms with Crippen LogP contribution in [0.25, 0.3) is 0 Å². The number of benzene rings is 1. The topological polar surface area (TPSA) is 26.3 Å². The lowest BCUT2D eigenvalue weighted by Crippen LogP contribution is -1.99. The van der Waals surface area contributed by atoms with E-state index in [0.717, 1.165) is 24.2 Å².